The van der Waals surface area contributed by atoms with E-state index in [4.69, 9.17) is 4.74 Å². The molecule has 2 N–H and O–H groups in total. The number of benzene rings is 1. The molecule has 110 valence electrons. The fraction of sp³-hybridized carbons (Fsp3) is 0.625. The van der Waals surface area contributed by atoms with Crippen LogP contribution in [0.2, 0.25) is 0 Å². The van der Waals surface area contributed by atoms with E-state index >= 15 is 0 Å². The van der Waals surface area contributed by atoms with Crippen molar-refractivity contribution in [1.29, 1.82) is 0 Å². The van der Waals surface area contributed by atoms with Gasteiger partial charge < -0.3 is 20.3 Å². The SMILES string of the molecule is c1ccc(N2CCOCC2)c(NCC2CCNCC2)c1. The Labute approximate surface area is 121 Å². The third-order valence-electron chi connectivity index (χ3n) is 4.30. The summed E-state index contributed by atoms with van der Waals surface area (Å²) in [7, 11) is 0. The molecule has 2 fully saturated rings. The van der Waals surface area contributed by atoms with Crippen LogP contribution in [0.1, 0.15) is 12.8 Å². The molecule has 1 aromatic carbocycles. The predicted octanol–water partition coefficient (Wildman–Crippen LogP) is 1.93. The van der Waals surface area contributed by atoms with Crippen LogP contribution in [-0.2, 0) is 4.74 Å². The number of hydrogen-bond acceptors (Lipinski definition) is 4. The molecule has 2 aliphatic heterocycles. The maximum absolute atomic E-state index is 5.45. The summed E-state index contributed by atoms with van der Waals surface area (Å²) < 4.78 is 5.45. The molecule has 0 aromatic heterocycles. The molecule has 4 heteroatoms. The zero-order valence-corrected chi connectivity index (χ0v) is 12.1. The average Bonchev–Trinajstić information content (AvgIpc) is 2.55. The highest BCUT2D eigenvalue weighted by Crippen LogP contribution is 2.27. The molecule has 0 saturated carbocycles. The number of ether oxygens (including phenoxy) is 1. The van der Waals surface area contributed by atoms with Crippen molar-refractivity contribution in [2.75, 3.05) is 56.2 Å². The Morgan fingerprint density at radius 3 is 2.70 bits per heavy atom. The molecule has 0 spiro atoms. The molecule has 0 radical (unpaired) electrons. The minimum absolute atomic E-state index is 0.800. The zero-order valence-electron chi connectivity index (χ0n) is 12.1. The van der Waals surface area contributed by atoms with E-state index in [2.05, 4.69) is 39.8 Å². The maximum atomic E-state index is 5.45. The minimum atomic E-state index is 0.800. The Hall–Kier alpha value is -1.26. The van der Waals surface area contributed by atoms with Gasteiger partial charge in [0.1, 0.15) is 0 Å². The fourth-order valence-electron chi connectivity index (χ4n) is 3.04. The van der Waals surface area contributed by atoms with Crippen LogP contribution in [0.3, 0.4) is 0 Å². The summed E-state index contributed by atoms with van der Waals surface area (Å²) in [6.07, 6.45) is 2.57. The van der Waals surface area contributed by atoms with Crippen molar-refractivity contribution in [3.63, 3.8) is 0 Å². The molecular weight excluding hydrogens is 250 g/mol. The largest absolute Gasteiger partial charge is 0.383 e. The van der Waals surface area contributed by atoms with E-state index in [9.17, 15) is 0 Å². The van der Waals surface area contributed by atoms with E-state index in [1.165, 1.54) is 24.2 Å². The molecule has 3 rings (SSSR count). The summed E-state index contributed by atoms with van der Waals surface area (Å²) in [5, 5.41) is 7.10. The van der Waals surface area contributed by atoms with E-state index in [-0.39, 0.29) is 0 Å². The summed E-state index contributed by atoms with van der Waals surface area (Å²) in [6, 6.07) is 8.66. The van der Waals surface area contributed by atoms with Crippen molar-refractivity contribution in [2.45, 2.75) is 12.8 Å². The van der Waals surface area contributed by atoms with Crippen molar-refractivity contribution in [3.05, 3.63) is 24.3 Å². The molecule has 0 atom stereocenters. The summed E-state index contributed by atoms with van der Waals surface area (Å²) >= 11 is 0. The van der Waals surface area contributed by atoms with E-state index < -0.39 is 0 Å². The number of nitrogens with one attached hydrogen (secondary N) is 2. The third-order valence-corrected chi connectivity index (χ3v) is 4.30. The van der Waals surface area contributed by atoms with Gasteiger partial charge in [-0.25, -0.2) is 0 Å². The Bertz CT molecular complexity index is 412. The second kappa shape index (κ2) is 6.95. The molecule has 0 bridgehead atoms. The van der Waals surface area contributed by atoms with Gasteiger partial charge >= 0.3 is 0 Å². The van der Waals surface area contributed by atoms with E-state index in [0.717, 1.165) is 51.9 Å². The second-order valence-electron chi connectivity index (χ2n) is 5.69. The molecule has 0 aliphatic carbocycles. The summed E-state index contributed by atoms with van der Waals surface area (Å²) in [5.41, 5.74) is 2.60. The Morgan fingerprint density at radius 1 is 1.15 bits per heavy atom. The smallest absolute Gasteiger partial charge is 0.0642 e. The van der Waals surface area contributed by atoms with Crippen molar-refractivity contribution >= 4 is 11.4 Å². The molecule has 2 heterocycles. The molecule has 1 aromatic rings. The number of rotatable bonds is 4. The topological polar surface area (TPSA) is 36.5 Å². The highest BCUT2D eigenvalue weighted by Gasteiger charge is 2.16. The summed E-state index contributed by atoms with van der Waals surface area (Å²) in [4.78, 5) is 2.42. The monoisotopic (exact) mass is 275 g/mol. The molecule has 0 amide bonds. The van der Waals surface area contributed by atoms with Gasteiger partial charge in [-0.3, -0.25) is 0 Å². The predicted molar refractivity (Wildman–Crippen MR) is 83.6 cm³/mol. The van der Waals surface area contributed by atoms with Crippen LogP contribution in [0, 0.1) is 5.92 Å². The molecule has 4 nitrogen and oxygen atoms in total. The maximum Gasteiger partial charge on any atom is 0.0642 e. The van der Waals surface area contributed by atoms with Gasteiger partial charge in [0.15, 0.2) is 0 Å². The molecule has 0 unspecified atom stereocenters. The van der Waals surface area contributed by atoms with Crippen molar-refractivity contribution in [2.24, 2.45) is 5.92 Å². The number of piperidine rings is 1. The first-order valence-corrected chi connectivity index (χ1v) is 7.80. The Morgan fingerprint density at radius 2 is 1.90 bits per heavy atom. The lowest BCUT2D eigenvalue weighted by Crippen LogP contribution is -2.37. The Kier molecular flexibility index (Phi) is 4.77. The third kappa shape index (κ3) is 3.44. The van der Waals surface area contributed by atoms with Gasteiger partial charge in [0.25, 0.3) is 0 Å². The number of nitrogens with zero attached hydrogens (tertiary/aromatic N) is 1. The van der Waals surface area contributed by atoms with Crippen molar-refractivity contribution in [3.8, 4) is 0 Å². The van der Waals surface area contributed by atoms with Crippen LogP contribution in [0.5, 0.6) is 0 Å². The van der Waals surface area contributed by atoms with Crippen LogP contribution in [-0.4, -0.2) is 45.9 Å². The molecule has 2 saturated heterocycles. The normalized spacial score (nSPS) is 20.9. The number of para-hydroxylation sites is 2. The highest BCUT2D eigenvalue weighted by molar-refractivity contribution is 5.70. The first-order valence-electron chi connectivity index (χ1n) is 7.80. The van der Waals surface area contributed by atoms with Crippen molar-refractivity contribution in [1.82, 2.24) is 5.32 Å². The van der Waals surface area contributed by atoms with Gasteiger partial charge in [0, 0.05) is 19.6 Å². The van der Waals surface area contributed by atoms with Gasteiger partial charge in [-0.15, -0.1) is 0 Å². The van der Waals surface area contributed by atoms with Gasteiger partial charge in [-0.2, -0.15) is 0 Å². The van der Waals surface area contributed by atoms with Crippen LogP contribution in [0.15, 0.2) is 24.3 Å². The van der Waals surface area contributed by atoms with Gasteiger partial charge in [0.05, 0.1) is 24.6 Å². The second-order valence-corrected chi connectivity index (χ2v) is 5.69. The highest BCUT2D eigenvalue weighted by atomic mass is 16.5. The lowest BCUT2D eigenvalue weighted by Gasteiger charge is -2.31. The van der Waals surface area contributed by atoms with E-state index in [0.29, 0.717) is 0 Å². The first kappa shape index (κ1) is 13.7. The van der Waals surface area contributed by atoms with Crippen LogP contribution in [0.25, 0.3) is 0 Å². The summed E-state index contributed by atoms with van der Waals surface area (Å²) in [5.74, 6) is 0.800. The average molecular weight is 275 g/mol. The zero-order chi connectivity index (χ0) is 13.6. The van der Waals surface area contributed by atoms with Crippen molar-refractivity contribution < 1.29 is 4.74 Å². The van der Waals surface area contributed by atoms with E-state index in [1.54, 1.807) is 0 Å². The van der Waals surface area contributed by atoms with Crippen LogP contribution in [0.4, 0.5) is 11.4 Å². The van der Waals surface area contributed by atoms with Crippen LogP contribution < -0.4 is 15.5 Å². The fourth-order valence-corrected chi connectivity index (χ4v) is 3.04. The first-order chi connectivity index (χ1) is 9.93. The summed E-state index contributed by atoms with van der Waals surface area (Å²) in [6.45, 7) is 7.07. The standard InChI is InChI=1S/C16H25N3O/c1-2-4-16(19-9-11-20-12-10-19)15(3-1)18-13-14-5-7-17-8-6-14/h1-4,14,17-18H,5-13H2. The lowest BCUT2D eigenvalue weighted by molar-refractivity contribution is 0.123. The number of anilines is 2. The van der Waals surface area contributed by atoms with Gasteiger partial charge in [-0.05, 0) is 44.0 Å². The van der Waals surface area contributed by atoms with Crippen LogP contribution >= 0.6 is 0 Å². The molecule has 20 heavy (non-hydrogen) atoms. The molecule has 2 aliphatic rings. The quantitative estimate of drug-likeness (QED) is 0.880. The number of hydrogen-bond donors (Lipinski definition) is 2. The van der Waals surface area contributed by atoms with Gasteiger partial charge in [0.2, 0.25) is 0 Å². The van der Waals surface area contributed by atoms with Gasteiger partial charge in [-0.1, -0.05) is 12.1 Å². The Balaban J connectivity index is 1.62. The minimum Gasteiger partial charge on any atom is -0.383 e. The lowest BCUT2D eigenvalue weighted by atomic mass is 9.98. The molecular formula is C16H25N3O. The number of morpholine rings is 1. The van der Waals surface area contributed by atoms with E-state index in [1.807, 2.05) is 0 Å².